The number of hydrogen-bond acceptors (Lipinski definition) is 5. The van der Waals surface area contributed by atoms with Crippen molar-refractivity contribution in [2.45, 2.75) is 50.1 Å². The van der Waals surface area contributed by atoms with E-state index in [0.29, 0.717) is 6.54 Å². The highest BCUT2D eigenvalue weighted by Crippen LogP contribution is 2.30. The van der Waals surface area contributed by atoms with E-state index >= 15 is 0 Å². The fraction of sp³-hybridized carbons (Fsp3) is 0.350. The minimum absolute atomic E-state index is 0.149. The Kier molecular flexibility index (Phi) is 6.01. The summed E-state index contributed by atoms with van der Waals surface area (Å²) < 4.78 is 1.99. The molecule has 1 aromatic carbocycles. The average Bonchev–Trinajstić information content (AvgIpc) is 3.27. The Bertz CT molecular complexity index is 893. The van der Waals surface area contributed by atoms with Gasteiger partial charge >= 0.3 is 0 Å². The molecule has 0 saturated carbocycles. The SMILES string of the molecule is CC(C)(C)c1ccc(CSc2nnc(-c3cccs3)n2CCC(N)=O)cc1. The van der Waals surface area contributed by atoms with Crippen molar-refractivity contribution in [1.29, 1.82) is 0 Å². The summed E-state index contributed by atoms with van der Waals surface area (Å²) in [7, 11) is 0. The van der Waals surface area contributed by atoms with Crippen LogP contribution in [0.4, 0.5) is 0 Å². The molecule has 0 unspecified atom stereocenters. The summed E-state index contributed by atoms with van der Waals surface area (Å²) in [5.41, 5.74) is 8.05. The zero-order chi connectivity index (χ0) is 19.4. The van der Waals surface area contributed by atoms with Crippen LogP contribution in [-0.2, 0) is 22.5 Å². The number of carbonyl (C=O) groups excluding carboxylic acids is 1. The zero-order valence-corrected chi connectivity index (χ0v) is 17.4. The van der Waals surface area contributed by atoms with Crippen molar-refractivity contribution in [1.82, 2.24) is 14.8 Å². The minimum atomic E-state index is -0.324. The lowest BCUT2D eigenvalue weighted by atomic mass is 9.87. The third kappa shape index (κ3) is 4.99. The van der Waals surface area contributed by atoms with Crippen molar-refractivity contribution in [2.75, 3.05) is 0 Å². The molecule has 3 rings (SSSR count). The fourth-order valence-electron chi connectivity index (χ4n) is 2.66. The molecule has 0 aliphatic rings. The number of hydrogen-bond donors (Lipinski definition) is 1. The van der Waals surface area contributed by atoms with Crippen molar-refractivity contribution in [3.8, 4) is 10.7 Å². The molecule has 0 saturated heterocycles. The molecule has 0 atom stereocenters. The molecule has 2 aromatic heterocycles. The van der Waals surface area contributed by atoms with Crippen molar-refractivity contribution < 1.29 is 4.79 Å². The molecule has 3 aromatic rings. The lowest BCUT2D eigenvalue weighted by Crippen LogP contribution is -2.14. The highest BCUT2D eigenvalue weighted by Gasteiger charge is 2.16. The molecule has 27 heavy (non-hydrogen) atoms. The standard InChI is InChI=1S/C20H24N4OS2/c1-20(2,3)15-8-6-14(7-9-15)13-27-19-23-22-18(16-5-4-12-26-16)24(19)11-10-17(21)25/h4-9,12H,10-11,13H2,1-3H3,(H2,21,25). The normalized spacial score (nSPS) is 11.7. The first kappa shape index (κ1) is 19.6. The van der Waals surface area contributed by atoms with E-state index in [1.165, 1.54) is 11.1 Å². The van der Waals surface area contributed by atoms with Crippen LogP contribution in [0.5, 0.6) is 0 Å². The average molecular weight is 401 g/mol. The first-order chi connectivity index (χ1) is 12.8. The van der Waals surface area contributed by atoms with E-state index < -0.39 is 0 Å². The second kappa shape index (κ2) is 8.27. The highest BCUT2D eigenvalue weighted by atomic mass is 32.2. The molecule has 0 bridgehead atoms. The number of thioether (sulfide) groups is 1. The summed E-state index contributed by atoms with van der Waals surface area (Å²) in [5.74, 6) is 1.26. The molecule has 0 fully saturated rings. The summed E-state index contributed by atoms with van der Waals surface area (Å²) in [6.45, 7) is 7.12. The Balaban J connectivity index is 1.77. The molecule has 0 aliphatic carbocycles. The number of nitrogens with two attached hydrogens (primary N) is 1. The lowest BCUT2D eigenvalue weighted by Gasteiger charge is -2.19. The maximum Gasteiger partial charge on any atom is 0.219 e. The van der Waals surface area contributed by atoms with Gasteiger partial charge in [-0.3, -0.25) is 4.79 Å². The molecule has 142 valence electrons. The maximum atomic E-state index is 11.3. The Morgan fingerprint density at radius 2 is 1.93 bits per heavy atom. The van der Waals surface area contributed by atoms with Crippen LogP contribution < -0.4 is 5.73 Å². The van der Waals surface area contributed by atoms with Gasteiger partial charge in [0.15, 0.2) is 11.0 Å². The van der Waals surface area contributed by atoms with Crippen molar-refractivity contribution in [2.24, 2.45) is 5.73 Å². The molecule has 5 nitrogen and oxygen atoms in total. The van der Waals surface area contributed by atoms with Gasteiger partial charge in [-0.1, -0.05) is 62.9 Å². The van der Waals surface area contributed by atoms with Crippen LogP contribution in [0, 0.1) is 0 Å². The van der Waals surface area contributed by atoms with E-state index in [-0.39, 0.29) is 17.7 Å². The van der Waals surface area contributed by atoms with Gasteiger partial charge in [-0.25, -0.2) is 0 Å². The van der Waals surface area contributed by atoms with Crippen molar-refractivity contribution in [3.05, 3.63) is 52.9 Å². The molecule has 0 radical (unpaired) electrons. The van der Waals surface area contributed by atoms with Gasteiger partial charge < -0.3 is 10.3 Å². The van der Waals surface area contributed by atoms with Gasteiger partial charge in [0.2, 0.25) is 5.91 Å². The summed E-state index contributed by atoms with van der Waals surface area (Å²) in [6.07, 6.45) is 0.268. The van der Waals surface area contributed by atoms with E-state index in [1.807, 2.05) is 22.1 Å². The van der Waals surface area contributed by atoms with E-state index in [0.717, 1.165) is 21.6 Å². The number of benzene rings is 1. The third-order valence-electron chi connectivity index (χ3n) is 4.23. The first-order valence-electron chi connectivity index (χ1n) is 8.82. The van der Waals surface area contributed by atoms with Crippen LogP contribution in [0.25, 0.3) is 10.7 Å². The van der Waals surface area contributed by atoms with Gasteiger partial charge in [0, 0.05) is 18.7 Å². The minimum Gasteiger partial charge on any atom is -0.370 e. The van der Waals surface area contributed by atoms with Gasteiger partial charge in [-0.2, -0.15) is 0 Å². The second-order valence-electron chi connectivity index (χ2n) is 7.39. The Morgan fingerprint density at radius 1 is 1.19 bits per heavy atom. The number of primary amides is 1. The number of aromatic nitrogens is 3. The fourth-order valence-corrected chi connectivity index (χ4v) is 4.29. The molecule has 0 spiro atoms. The number of thiophene rings is 1. The van der Waals surface area contributed by atoms with E-state index in [4.69, 9.17) is 5.73 Å². The zero-order valence-electron chi connectivity index (χ0n) is 15.8. The lowest BCUT2D eigenvalue weighted by molar-refractivity contribution is -0.118. The van der Waals surface area contributed by atoms with Crippen molar-refractivity contribution >= 4 is 29.0 Å². The number of amides is 1. The number of carbonyl (C=O) groups is 1. The van der Waals surface area contributed by atoms with Crippen LogP contribution in [0.2, 0.25) is 0 Å². The summed E-state index contributed by atoms with van der Waals surface area (Å²) in [6, 6.07) is 12.7. The molecule has 2 heterocycles. The van der Waals surface area contributed by atoms with E-state index in [9.17, 15) is 4.79 Å². The second-order valence-corrected chi connectivity index (χ2v) is 9.28. The Hall–Kier alpha value is -2.12. The van der Waals surface area contributed by atoms with Gasteiger partial charge in [0.1, 0.15) is 0 Å². The summed E-state index contributed by atoms with van der Waals surface area (Å²) in [4.78, 5) is 12.3. The van der Waals surface area contributed by atoms with Crippen LogP contribution in [-0.4, -0.2) is 20.7 Å². The number of rotatable bonds is 7. The number of nitrogens with zero attached hydrogens (tertiary/aromatic N) is 3. The topological polar surface area (TPSA) is 73.8 Å². The quantitative estimate of drug-likeness (QED) is 0.594. The third-order valence-corrected chi connectivity index (χ3v) is 6.13. The molecule has 2 N–H and O–H groups in total. The van der Waals surface area contributed by atoms with E-state index in [1.54, 1.807) is 23.1 Å². The van der Waals surface area contributed by atoms with Crippen LogP contribution in [0.1, 0.15) is 38.3 Å². The monoisotopic (exact) mass is 400 g/mol. The maximum absolute atomic E-state index is 11.3. The van der Waals surface area contributed by atoms with Crippen molar-refractivity contribution in [3.63, 3.8) is 0 Å². The van der Waals surface area contributed by atoms with Gasteiger partial charge in [-0.05, 0) is 28.0 Å². The Labute approximate surface area is 168 Å². The van der Waals surface area contributed by atoms with Crippen LogP contribution in [0.3, 0.4) is 0 Å². The molecule has 7 heteroatoms. The smallest absolute Gasteiger partial charge is 0.219 e. The molecule has 1 amide bonds. The van der Waals surface area contributed by atoms with Gasteiger partial charge in [0.25, 0.3) is 0 Å². The highest BCUT2D eigenvalue weighted by molar-refractivity contribution is 7.98. The predicted octanol–water partition coefficient (Wildman–Crippen LogP) is 4.47. The summed E-state index contributed by atoms with van der Waals surface area (Å²) >= 11 is 3.23. The summed E-state index contributed by atoms with van der Waals surface area (Å²) in [5, 5.41) is 11.5. The first-order valence-corrected chi connectivity index (χ1v) is 10.7. The van der Waals surface area contributed by atoms with Gasteiger partial charge in [-0.15, -0.1) is 21.5 Å². The molecule has 0 aliphatic heterocycles. The van der Waals surface area contributed by atoms with Crippen LogP contribution in [0.15, 0.2) is 46.9 Å². The Morgan fingerprint density at radius 3 is 2.52 bits per heavy atom. The van der Waals surface area contributed by atoms with E-state index in [2.05, 4.69) is 55.2 Å². The largest absolute Gasteiger partial charge is 0.370 e. The molecular formula is C20H24N4OS2. The van der Waals surface area contributed by atoms with Crippen LogP contribution >= 0.6 is 23.1 Å². The predicted molar refractivity (Wildman–Crippen MR) is 112 cm³/mol. The van der Waals surface area contributed by atoms with Gasteiger partial charge in [0.05, 0.1) is 4.88 Å². The molecular weight excluding hydrogens is 376 g/mol.